The van der Waals surface area contributed by atoms with Gasteiger partial charge in [-0.25, -0.2) is 0 Å². The van der Waals surface area contributed by atoms with Gasteiger partial charge in [0.2, 0.25) is 0 Å². The zero-order valence-corrected chi connectivity index (χ0v) is 12.4. The minimum atomic E-state index is 0.366. The molecule has 1 saturated heterocycles. The van der Waals surface area contributed by atoms with E-state index >= 15 is 0 Å². The first kappa shape index (κ1) is 14.1. The van der Waals surface area contributed by atoms with E-state index in [0.29, 0.717) is 12.1 Å². The third kappa shape index (κ3) is 3.43. The smallest absolute Gasteiger partial charge is 0.122 e. The van der Waals surface area contributed by atoms with Crippen LogP contribution in [-0.4, -0.2) is 44.3 Å². The number of ether oxygens (including phenoxy) is 1. The fourth-order valence-corrected chi connectivity index (χ4v) is 3.25. The maximum Gasteiger partial charge on any atom is 0.122 e. The van der Waals surface area contributed by atoms with Crippen LogP contribution in [0.25, 0.3) is 0 Å². The van der Waals surface area contributed by atoms with Crippen LogP contribution in [0.15, 0.2) is 22.8 Å². The second-order valence-electron chi connectivity index (χ2n) is 6.08. The molecular weight excluding hydrogens is 252 g/mol. The normalized spacial score (nSPS) is 23.1. The first-order chi connectivity index (χ1) is 9.88. The van der Waals surface area contributed by atoms with E-state index in [1.54, 1.807) is 13.4 Å². The van der Waals surface area contributed by atoms with Gasteiger partial charge in [-0.05, 0) is 56.8 Å². The van der Waals surface area contributed by atoms with Gasteiger partial charge in [0.05, 0.1) is 18.9 Å². The van der Waals surface area contributed by atoms with Crippen molar-refractivity contribution in [2.75, 3.05) is 33.4 Å². The molecule has 1 saturated carbocycles. The summed E-state index contributed by atoms with van der Waals surface area (Å²) in [5.74, 6) is 1.90. The Balaban J connectivity index is 1.60. The Morgan fingerprint density at radius 3 is 2.80 bits per heavy atom. The Hall–Kier alpha value is -0.840. The molecule has 0 bridgehead atoms. The fourth-order valence-electron chi connectivity index (χ4n) is 3.25. The summed E-state index contributed by atoms with van der Waals surface area (Å²) in [5.41, 5.74) is 0. The Labute approximate surface area is 121 Å². The highest BCUT2D eigenvalue weighted by Crippen LogP contribution is 2.33. The molecule has 1 aliphatic carbocycles. The first-order valence-electron chi connectivity index (χ1n) is 7.88. The lowest BCUT2D eigenvalue weighted by Gasteiger charge is -2.28. The summed E-state index contributed by atoms with van der Waals surface area (Å²) in [7, 11) is 1.79. The summed E-state index contributed by atoms with van der Waals surface area (Å²) < 4.78 is 11.0. The summed E-state index contributed by atoms with van der Waals surface area (Å²) >= 11 is 0. The zero-order chi connectivity index (χ0) is 13.8. The third-order valence-corrected chi connectivity index (χ3v) is 4.56. The molecule has 112 valence electrons. The van der Waals surface area contributed by atoms with Crippen LogP contribution >= 0.6 is 0 Å². The predicted octanol–water partition coefficient (Wildman–Crippen LogP) is 2.43. The third-order valence-electron chi connectivity index (χ3n) is 4.56. The van der Waals surface area contributed by atoms with Crippen molar-refractivity contribution >= 4 is 0 Å². The topological polar surface area (TPSA) is 37.6 Å². The molecule has 20 heavy (non-hydrogen) atoms. The van der Waals surface area contributed by atoms with Gasteiger partial charge in [-0.1, -0.05) is 0 Å². The Bertz CT molecular complexity index is 383. The summed E-state index contributed by atoms with van der Waals surface area (Å²) in [4.78, 5) is 2.54. The summed E-state index contributed by atoms with van der Waals surface area (Å²) in [6.45, 7) is 4.14. The number of nitrogens with zero attached hydrogens (tertiary/aromatic N) is 1. The lowest BCUT2D eigenvalue weighted by molar-refractivity contribution is 0.144. The molecule has 0 amide bonds. The fraction of sp³-hybridized carbons (Fsp3) is 0.750. The average molecular weight is 278 g/mol. The van der Waals surface area contributed by atoms with E-state index in [1.807, 2.05) is 6.07 Å². The van der Waals surface area contributed by atoms with Gasteiger partial charge in [0, 0.05) is 19.7 Å². The highest BCUT2D eigenvalue weighted by atomic mass is 16.5. The minimum absolute atomic E-state index is 0.366. The van der Waals surface area contributed by atoms with Gasteiger partial charge in [0.25, 0.3) is 0 Å². The lowest BCUT2D eigenvalue weighted by atomic mass is 10.1. The van der Waals surface area contributed by atoms with Gasteiger partial charge in [0.15, 0.2) is 0 Å². The van der Waals surface area contributed by atoms with E-state index in [0.717, 1.165) is 24.8 Å². The van der Waals surface area contributed by atoms with E-state index in [9.17, 15) is 0 Å². The number of nitrogens with one attached hydrogen (secondary N) is 1. The summed E-state index contributed by atoms with van der Waals surface area (Å²) in [5, 5.41) is 3.72. The molecule has 2 atom stereocenters. The van der Waals surface area contributed by atoms with Gasteiger partial charge in [-0.2, -0.15) is 0 Å². The van der Waals surface area contributed by atoms with Crippen LogP contribution in [0, 0.1) is 5.92 Å². The van der Waals surface area contributed by atoms with Crippen molar-refractivity contribution in [3.63, 3.8) is 0 Å². The molecule has 2 fully saturated rings. The van der Waals surface area contributed by atoms with E-state index < -0.39 is 0 Å². The highest BCUT2D eigenvalue weighted by Gasteiger charge is 2.32. The van der Waals surface area contributed by atoms with Crippen LogP contribution < -0.4 is 5.32 Å². The average Bonchev–Trinajstić information content (AvgIpc) is 2.95. The zero-order valence-electron chi connectivity index (χ0n) is 12.4. The highest BCUT2D eigenvalue weighted by molar-refractivity contribution is 5.06. The minimum Gasteiger partial charge on any atom is -0.468 e. The molecular formula is C16H26N2O2. The molecule has 0 spiro atoms. The van der Waals surface area contributed by atoms with E-state index in [4.69, 9.17) is 9.15 Å². The van der Waals surface area contributed by atoms with E-state index in [2.05, 4.69) is 16.3 Å². The number of rotatable bonds is 8. The SMILES string of the molecule is COCC(NCC(c1ccco1)N1CCCC1)C1CC1. The maximum atomic E-state index is 5.66. The maximum absolute atomic E-state index is 5.66. The first-order valence-corrected chi connectivity index (χ1v) is 7.88. The van der Waals surface area contributed by atoms with Crippen molar-refractivity contribution in [3.05, 3.63) is 24.2 Å². The molecule has 2 aliphatic rings. The number of furan rings is 1. The molecule has 0 radical (unpaired) electrons. The largest absolute Gasteiger partial charge is 0.468 e. The Kier molecular flexibility index (Phi) is 4.76. The van der Waals surface area contributed by atoms with Crippen LogP contribution in [0.3, 0.4) is 0 Å². The van der Waals surface area contributed by atoms with Crippen LogP contribution in [0.2, 0.25) is 0 Å². The number of hydrogen-bond donors (Lipinski definition) is 1. The molecule has 1 aliphatic heterocycles. The van der Waals surface area contributed by atoms with E-state index in [1.165, 1.54) is 38.8 Å². The Morgan fingerprint density at radius 1 is 1.40 bits per heavy atom. The van der Waals surface area contributed by atoms with Crippen LogP contribution in [0.1, 0.15) is 37.5 Å². The Morgan fingerprint density at radius 2 is 2.20 bits per heavy atom. The van der Waals surface area contributed by atoms with Crippen molar-refractivity contribution in [2.45, 2.75) is 37.8 Å². The van der Waals surface area contributed by atoms with Crippen molar-refractivity contribution < 1.29 is 9.15 Å². The molecule has 4 nitrogen and oxygen atoms in total. The van der Waals surface area contributed by atoms with Gasteiger partial charge >= 0.3 is 0 Å². The van der Waals surface area contributed by atoms with Crippen LogP contribution in [0.4, 0.5) is 0 Å². The van der Waals surface area contributed by atoms with Gasteiger partial charge in [0.1, 0.15) is 5.76 Å². The number of hydrogen-bond acceptors (Lipinski definition) is 4. The van der Waals surface area contributed by atoms with Crippen molar-refractivity contribution in [1.82, 2.24) is 10.2 Å². The van der Waals surface area contributed by atoms with Crippen molar-refractivity contribution in [2.24, 2.45) is 5.92 Å². The van der Waals surface area contributed by atoms with E-state index in [-0.39, 0.29) is 0 Å². The van der Waals surface area contributed by atoms with Crippen LogP contribution in [0.5, 0.6) is 0 Å². The second-order valence-corrected chi connectivity index (χ2v) is 6.08. The molecule has 1 aromatic rings. The second kappa shape index (κ2) is 6.74. The molecule has 2 unspecified atom stereocenters. The number of likely N-dealkylation sites (tertiary alicyclic amines) is 1. The monoisotopic (exact) mass is 278 g/mol. The molecule has 1 N–H and O–H groups in total. The molecule has 0 aromatic carbocycles. The van der Waals surface area contributed by atoms with Crippen molar-refractivity contribution in [3.8, 4) is 0 Å². The molecule has 4 heteroatoms. The van der Waals surface area contributed by atoms with Crippen molar-refractivity contribution in [1.29, 1.82) is 0 Å². The lowest BCUT2D eigenvalue weighted by Crippen LogP contribution is -2.41. The molecule has 1 aromatic heterocycles. The predicted molar refractivity (Wildman–Crippen MR) is 78.6 cm³/mol. The summed E-state index contributed by atoms with van der Waals surface area (Å²) in [6.07, 6.45) is 7.08. The molecule has 2 heterocycles. The standard InChI is InChI=1S/C16H26N2O2/c1-19-12-14(13-6-7-13)17-11-15(16-5-4-10-20-16)18-8-2-3-9-18/h4-5,10,13-15,17H,2-3,6-9,11-12H2,1H3. The quantitative estimate of drug-likeness (QED) is 0.792. The van der Waals surface area contributed by atoms with Gasteiger partial charge in [-0.15, -0.1) is 0 Å². The number of methoxy groups -OCH3 is 1. The molecule has 3 rings (SSSR count). The van der Waals surface area contributed by atoms with Gasteiger partial charge in [-0.3, -0.25) is 4.90 Å². The van der Waals surface area contributed by atoms with Crippen LogP contribution in [-0.2, 0) is 4.74 Å². The van der Waals surface area contributed by atoms with Gasteiger partial charge < -0.3 is 14.5 Å². The summed E-state index contributed by atoms with van der Waals surface area (Å²) in [6, 6.07) is 4.96.